The van der Waals surface area contributed by atoms with Gasteiger partial charge in [-0.3, -0.25) is 28.8 Å². The zero-order valence-corrected chi connectivity index (χ0v) is 52.5. The summed E-state index contributed by atoms with van der Waals surface area (Å²) in [6.07, 6.45) is -12.5. The van der Waals surface area contributed by atoms with Crippen LogP contribution in [0.15, 0.2) is 154 Å². The number of ketones is 1. The van der Waals surface area contributed by atoms with Crippen LogP contribution < -0.4 is 16.1 Å². The van der Waals surface area contributed by atoms with E-state index in [-0.39, 0.29) is 61.3 Å². The molecule has 6 aliphatic rings. The van der Waals surface area contributed by atoms with E-state index in [0.717, 1.165) is 56.3 Å². The largest absolute Gasteiger partial charge is 0.505 e. The molecule has 4 aliphatic carbocycles. The molecular formula is C71H64F2N2O21. The minimum Gasteiger partial charge on any atom is -0.505 e. The van der Waals surface area contributed by atoms with Gasteiger partial charge in [0.2, 0.25) is 5.43 Å². The number of aromatic carboxylic acids is 1. The van der Waals surface area contributed by atoms with Crippen LogP contribution >= 0.6 is 0 Å². The quantitative estimate of drug-likeness (QED) is 0.0234. The van der Waals surface area contributed by atoms with Crippen LogP contribution in [0.25, 0.3) is 33.4 Å². The van der Waals surface area contributed by atoms with Gasteiger partial charge in [0.05, 0.1) is 35.1 Å². The van der Waals surface area contributed by atoms with Crippen molar-refractivity contribution in [1.29, 1.82) is 0 Å². The third-order valence-corrected chi connectivity index (χ3v) is 19.0. The molecule has 2 heterocycles. The van der Waals surface area contributed by atoms with Crippen molar-refractivity contribution in [1.82, 2.24) is 10.6 Å². The van der Waals surface area contributed by atoms with Crippen molar-refractivity contribution in [3.05, 3.63) is 194 Å². The summed E-state index contributed by atoms with van der Waals surface area (Å²) in [4.78, 5) is 142. The Balaban J connectivity index is 0.987. The summed E-state index contributed by atoms with van der Waals surface area (Å²) < 4.78 is 73.3. The zero-order valence-electron chi connectivity index (χ0n) is 52.5. The molecule has 12 atom stereocenters. The summed E-state index contributed by atoms with van der Waals surface area (Å²) in [5.74, 6) is -15.7. The summed E-state index contributed by atoms with van der Waals surface area (Å²) in [7, 11) is 0. The van der Waals surface area contributed by atoms with E-state index in [1.807, 2.05) is 0 Å². The Hall–Kier alpha value is -10.5. The molecule has 2 saturated carbocycles. The SMILES string of the molecule is CC(=O)O[C@H]1C(=O)[C@]2(C)[C@@H](OC(=O)[C@H](C)NC(=O)c3ccc(-c4c5cc(F)c(=O)cc-5oc5cc(O)c(F)cc45)c(C(=O)O)c3)C[C@H]3OC[C@@]3(OC(C)=O)[C@H]2[C@H](OC(=O)c2ccccc2)[C@]2(O)C[C@H](OC(=O)[C@H](O)[C@@H](NC(=O)c3ccccc3)c3ccccc3)C(C)=C1C2(C)C. The molecule has 5 aromatic carbocycles. The number of ether oxygens (including phenoxy) is 6. The Kier molecular flexibility index (Phi) is 17.7. The molecule has 0 spiro atoms. The van der Waals surface area contributed by atoms with E-state index in [1.165, 1.54) is 71.0 Å². The molecule has 0 aromatic heterocycles. The number of hydrogen-bond donors (Lipinski definition) is 6. The smallest absolute Gasteiger partial charge is 0.338 e. The lowest BCUT2D eigenvalue weighted by Crippen LogP contribution is -2.82. The molecule has 2 bridgehead atoms. The van der Waals surface area contributed by atoms with Gasteiger partial charge < -0.3 is 63.9 Å². The van der Waals surface area contributed by atoms with Crippen LogP contribution in [0.4, 0.5) is 8.78 Å². The van der Waals surface area contributed by atoms with Gasteiger partial charge in [0.25, 0.3) is 11.8 Å². The highest BCUT2D eigenvalue weighted by Crippen LogP contribution is 2.65. The fourth-order valence-electron chi connectivity index (χ4n) is 14.2. The van der Waals surface area contributed by atoms with Crippen molar-refractivity contribution < 1.29 is 105 Å². The second-order valence-electron chi connectivity index (χ2n) is 25.1. The van der Waals surface area contributed by atoms with E-state index in [2.05, 4.69) is 10.6 Å². The number of carboxylic acid groups (broad SMARTS) is 1. The number of esters is 5. The molecule has 23 nitrogen and oxygen atoms in total. The maximum absolute atomic E-state index is 16.6. The second kappa shape index (κ2) is 25.3. The fourth-order valence-corrected chi connectivity index (χ4v) is 14.2. The van der Waals surface area contributed by atoms with Crippen molar-refractivity contribution in [2.45, 2.75) is 121 Å². The number of halogens is 2. The van der Waals surface area contributed by atoms with Gasteiger partial charge in [0, 0.05) is 71.9 Å². The third-order valence-electron chi connectivity index (χ3n) is 19.0. The molecule has 2 aliphatic heterocycles. The molecule has 2 amide bonds. The minimum atomic E-state index is -2.66. The second-order valence-corrected chi connectivity index (χ2v) is 25.1. The normalized spacial score (nSPS) is 25.0. The maximum atomic E-state index is 16.6. The zero-order chi connectivity index (χ0) is 69.2. The molecular weight excluding hydrogens is 1250 g/mol. The molecule has 3 fully saturated rings. The van der Waals surface area contributed by atoms with E-state index in [9.17, 15) is 68.0 Å². The average Bonchev–Trinajstić information content (AvgIpc) is 0.668. The predicted octanol–water partition coefficient (Wildman–Crippen LogP) is 7.67. The first-order chi connectivity index (χ1) is 45.4. The van der Waals surface area contributed by atoms with Gasteiger partial charge in [-0.15, -0.1) is 0 Å². The summed E-state index contributed by atoms with van der Waals surface area (Å²) in [5, 5.41) is 52.2. The van der Waals surface area contributed by atoms with Gasteiger partial charge in [-0.05, 0) is 91.6 Å². The lowest BCUT2D eigenvalue weighted by molar-refractivity contribution is -0.346. The number of fused-ring (bicyclic) bond motifs is 7. The first kappa shape index (κ1) is 66.9. The van der Waals surface area contributed by atoms with E-state index in [0.29, 0.717) is 0 Å². The average molecular weight is 1320 g/mol. The van der Waals surface area contributed by atoms with Gasteiger partial charge in [0.1, 0.15) is 47.4 Å². The molecule has 0 unspecified atom stereocenters. The Bertz CT molecular complexity index is 4420. The van der Waals surface area contributed by atoms with Crippen LogP contribution in [-0.4, -0.2) is 134 Å². The number of rotatable bonds is 16. The number of aliphatic hydroxyl groups excluding tert-OH is 1. The molecule has 0 radical (unpaired) electrons. The monoisotopic (exact) mass is 1320 g/mol. The lowest BCUT2D eigenvalue weighted by Gasteiger charge is -2.67. The number of carbonyl (C=O) groups is 9. The number of carboxylic acids is 1. The van der Waals surface area contributed by atoms with E-state index < -0.39 is 183 Å². The summed E-state index contributed by atoms with van der Waals surface area (Å²) in [6, 6.07) is 26.6. The topological polar surface area (TPSA) is 344 Å². The van der Waals surface area contributed by atoms with Crippen LogP contribution in [0.1, 0.15) is 114 Å². The molecule has 5 aromatic rings. The Labute approximate surface area is 545 Å². The fraction of sp³-hybridized carbons (Fsp3) is 0.324. The van der Waals surface area contributed by atoms with Crippen LogP contribution in [0.3, 0.4) is 0 Å². The molecule has 1 saturated heterocycles. The predicted molar refractivity (Wildman–Crippen MR) is 332 cm³/mol. The Morgan fingerprint density at radius 2 is 1.34 bits per heavy atom. The minimum absolute atomic E-state index is 0.00540. The molecule has 25 heteroatoms. The number of amides is 2. The first-order valence-electron chi connectivity index (χ1n) is 30.4. The molecule has 96 heavy (non-hydrogen) atoms. The van der Waals surface area contributed by atoms with Crippen LogP contribution in [0, 0.1) is 28.4 Å². The number of nitrogens with one attached hydrogen (secondary N) is 2. The van der Waals surface area contributed by atoms with Crippen molar-refractivity contribution in [3.8, 4) is 28.2 Å². The van der Waals surface area contributed by atoms with Crippen LogP contribution in [0.2, 0.25) is 0 Å². The number of phenols is 1. The highest BCUT2D eigenvalue weighted by molar-refractivity contribution is 6.09. The number of benzene rings is 6. The van der Waals surface area contributed by atoms with E-state index in [4.69, 9.17) is 32.8 Å². The number of aliphatic hydroxyl groups is 2. The number of phenolic OH excluding ortho intramolecular Hbond substituents is 1. The maximum Gasteiger partial charge on any atom is 0.338 e. The van der Waals surface area contributed by atoms with Gasteiger partial charge in [-0.25, -0.2) is 28.0 Å². The van der Waals surface area contributed by atoms with Crippen LogP contribution in [0.5, 0.6) is 5.75 Å². The number of hydrogen-bond acceptors (Lipinski definition) is 20. The molecule has 498 valence electrons. The number of carbonyl (C=O) groups excluding carboxylic acids is 8. The Morgan fingerprint density at radius 1 is 0.708 bits per heavy atom. The summed E-state index contributed by atoms with van der Waals surface area (Å²) >= 11 is 0. The van der Waals surface area contributed by atoms with Crippen molar-refractivity contribution in [2.75, 3.05) is 6.61 Å². The highest BCUT2D eigenvalue weighted by Gasteiger charge is 2.79. The van der Waals surface area contributed by atoms with Crippen molar-refractivity contribution in [2.24, 2.45) is 16.7 Å². The molecule has 11 rings (SSSR count). The third kappa shape index (κ3) is 11.6. The number of aromatic hydroxyl groups is 1. The van der Waals surface area contributed by atoms with E-state index in [1.54, 1.807) is 54.6 Å². The lowest BCUT2D eigenvalue weighted by atomic mass is 9.44. The van der Waals surface area contributed by atoms with E-state index >= 15 is 9.18 Å². The van der Waals surface area contributed by atoms with Crippen LogP contribution in [-0.2, 0) is 52.4 Å². The van der Waals surface area contributed by atoms with Gasteiger partial charge in [0.15, 0.2) is 41.0 Å². The summed E-state index contributed by atoms with van der Waals surface area (Å²) in [5.41, 5.74) is -11.8. The number of Topliss-reactive ketones (excluding diaryl/α,β-unsaturated/α-hetero) is 1. The highest BCUT2D eigenvalue weighted by atomic mass is 19.1. The van der Waals surface area contributed by atoms with Crippen molar-refractivity contribution >= 4 is 64.4 Å². The molecule has 6 N–H and O–H groups in total. The van der Waals surface area contributed by atoms with Crippen molar-refractivity contribution in [3.63, 3.8) is 0 Å². The van der Waals surface area contributed by atoms with Gasteiger partial charge >= 0.3 is 35.8 Å². The standard InChI is InChI=1S/C71H64F2N2O21/c1-33-51(93-67(88)57(80)56(37-17-11-8-12-18-37)75-62(82)38-19-13-9-14-20-38)31-71(89)61(95-66(87)39-21-15-10-16-22-39)59-69(7,60(81)58(91-35(3)76)55(33)68(71,5)6)52(30-53-70(59,32-90-53)96-36(4)77)94-65(86)34(2)74-63(83)40-23-24-41(42(25-40)64(84)85)54-43-26-45(72)47(78)28-49(43)92-50-29-48(79)46(73)27-44(50)54/h8-29,34,51-53,56-59,61,78,80,89H,30-32H2,1-7H3,(H,74,83)(H,75,82)(H,84,85)/t34-,51-,52-,53+,56-,57+,58+,59-,61-,69+,70-,71+/m0/s1. The van der Waals surface area contributed by atoms with Gasteiger partial charge in [-0.2, -0.15) is 0 Å². The summed E-state index contributed by atoms with van der Waals surface area (Å²) in [6.45, 7) is 8.32. The van der Waals surface area contributed by atoms with Gasteiger partial charge in [-0.1, -0.05) is 86.6 Å². The Morgan fingerprint density at radius 3 is 1.96 bits per heavy atom. The first-order valence-corrected chi connectivity index (χ1v) is 30.4.